The lowest BCUT2D eigenvalue weighted by Crippen LogP contribution is -2.15. The molecule has 0 saturated carbocycles. The Balaban J connectivity index is 2.08. The quantitative estimate of drug-likeness (QED) is 0.758. The Bertz CT molecular complexity index is 659. The second-order valence-electron chi connectivity index (χ2n) is 5.96. The van der Waals surface area contributed by atoms with Gasteiger partial charge in [-0.3, -0.25) is 9.48 Å². The maximum Gasteiger partial charge on any atom is 0.228 e. The molecule has 2 rings (SSSR count). The molecular formula is C17H22IN3O. The molecule has 22 heavy (non-hydrogen) atoms. The zero-order valence-electron chi connectivity index (χ0n) is 13.5. The molecule has 1 aromatic heterocycles. The number of aryl methyl sites for hydroxylation is 1. The van der Waals surface area contributed by atoms with Crippen LogP contribution in [0.1, 0.15) is 30.8 Å². The van der Waals surface area contributed by atoms with Gasteiger partial charge in [0.25, 0.3) is 0 Å². The van der Waals surface area contributed by atoms with Crippen LogP contribution in [0, 0.1) is 23.3 Å². The third-order valence-electron chi connectivity index (χ3n) is 3.53. The van der Waals surface area contributed by atoms with Crippen LogP contribution < -0.4 is 5.32 Å². The maximum absolute atomic E-state index is 12.3. The summed E-state index contributed by atoms with van der Waals surface area (Å²) in [5.74, 6) is 0.531. The van der Waals surface area contributed by atoms with Crippen molar-refractivity contribution in [3.05, 3.63) is 44.8 Å². The van der Waals surface area contributed by atoms with Crippen LogP contribution in [-0.2, 0) is 17.8 Å². The molecule has 0 unspecified atom stereocenters. The van der Waals surface area contributed by atoms with Gasteiger partial charge in [0.1, 0.15) is 0 Å². The van der Waals surface area contributed by atoms with E-state index in [9.17, 15) is 4.79 Å². The first-order valence-corrected chi connectivity index (χ1v) is 8.53. The molecule has 1 aromatic carbocycles. The molecule has 0 spiro atoms. The average Bonchev–Trinajstić information content (AvgIpc) is 2.68. The summed E-state index contributed by atoms with van der Waals surface area (Å²) in [7, 11) is 0. The first kappa shape index (κ1) is 17.0. The number of benzene rings is 1. The van der Waals surface area contributed by atoms with Crippen molar-refractivity contribution in [2.75, 3.05) is 5.32 Å². The van der Waals surface area contributed by atoms with E-state index in [0.29, 0.717) is 12.3 Å². The molecule has 1 N–H and O–H groups in total. The highest BCUT2D eigenvalue weighted by Gasteiger charge is 2.15. The van der Waals surface area contributed by atoms with Gasteiger partial charge in [-0.15, -0.1) is 0 Å². The minimum absolute atomic E-state index is 0.00324. The highest BCUT2D eigenvalue weighted by atomic mass is 127. The summed E-state index contributed by atoms with van der Waals surface area (Å²) in [6.45, 7) is 9.22. The van der Waals surface area contributed by atoms with E-state index in [1.165, 1.54) is 0 Å². The lowest BCUT2D eigenvalue weighted by atomic mass is 10.1. The normalized spacial score (nSPS) is 11.0. The molecule has 0 saturated heterocycles. The van der Waals surface area contributed by atoms with Gasteiger partial charge in [-0.1, -0.05) is 13.8 Å². The maximum atomic E-state index is 12.3. The lowest BCUT2D eigenvalue weighted by molar-refractivity contribution is -0.115. The van der Waals surface area contributed by atoms with Crippen molar-refractivity contribution < 1.29 is 4.79 Å². The predicted molar refractivity (Wildman–Crippen MR) is 98.0 cm³/mol. The number of hydrogen-bond acceptors (Lipinski definition) is 2. The Hall–Kier alpha value is -1.37. The van der Waals surface area contributed by atoms with Crippen molar-refractivity contribution in [1.82, 2.24) is 9.78 Å². The molecule has 2 aromatic rings. The van der Waals surface area contributed by atoms with Gasteiger partial charge in [0.05, 0.1) is 12.1 Å². The SMILES string of the molecule is Cc1nn(CC(C)C)c(C)c1CC(=O)Nc1ccc(I)cc1. The number of carbonyl (C=O) groups is 1. The molecule has 5 heteroatoms. The zero-order chi connectivity index (χ0) is 16.3. The fourth-order valence-electron chi connectivity index (χ4n) is 2.41. The summed E-state index contributed by atoms with van der Waals surface area (Å²) in [6, 6.07) is 7.80. The van der Waals surface area contributed by atoms with Crippen LogP contribution in [0.25, 0.3) is 0 Å². The van der Waals surface area contributed by atoms with Gasteiger partial charge in [0.15, 0.2) is 0 Å². The molecule has 4 nitrogen and oxygen atoms in total. The molecule has 1 amide bonds. The molecule has 0 aliphatic heterocycles. The number of rotatable bonds is 5. The van der Waals surface area contributed by atoms with Gasteiger partial charge in [-0.05, 0) is 66.6 Å². The van der Waals surface area contributed by atoms with E-state index in [-0.39, 0.29) is 5.91 Å². The van der Waals surface area contributed by atoms with Crippen LogP contribution in [-0.4, -0.2) is 15.7 Å². The Labute approximate surface area is 145 Å². The van der Waals surface area contributed by atoms with E-state index >= 15 is 0 Å². The number of nitrogens with one attached hydrogen (secondary N) is 1. The Morgan fingerprint density at radius 1 is 1.27 bits per heavy atom. The number of aromatic nitrogens is 2. The van der Waals surface area contributed by atoms with Gasteiger partial charge in [0, 0.05) is 27.1 Å². The second-order valence-corrected chi connectivity index (χ2v) is 7.20. The summed E-state index contributed by atoms with van der Waals surface area (Å²) >= 11 is 2.25. The third-order valence-corrected chi connectivity index (χ3v) is 4.25. The van der Waals surface area contributed by atoms with Crippen LogP contribution in [0.15, 0.2) is 24.3 Å². The summed E-state index contributed by atoms with van der Waals surface area (Å²) in [6.07, 6.45) is 0.363. The van der Waals surface area contributed by atoms with Crippen molar-refractivity contribution in [2.45, 2.75) is 40.7 Å². The van der Waals surface area contributed by atoms with Crippen LogP contribution in [0.4, 0.5) is 5.69 Å². The summed E-state index contributed by atoms with van der Waals surface area (Å²) in [5, 5.41) is 7.50. The summed E-state index contributed by atoms with van der Waals surface area (Å²) < 4.78 is 3.16. The van der Waals surface area contributed by atoms with Crippen molar-refractivity contribution >= 4 is 34.2 Å². The first-order valence-electron chi connectivity index (χ1n) is 7.45. The fourth-order valence-corrected chi connectivity index (χ4v) is 2.77. The van der Waals surface area contributed by atoms with Crippen LogP contribution in [0.2, 0.25) is 0 Å². The fraction of sp³-hybridized carbons (Fsp3) is 0.412. The largest absolute Gasteiger partial charge is 0.326 e. The lowest BCUT2D eigenvalue weighted by Gasteiger charge is -2.08. The van der Waals surface area contributed by atoms with Gasteiger partial charge in [-0.25, -0.2) is 0 Å². The van der Waals surface area contributed by atoms with E-state index in [0.717, 1.165) is 32.8 Å². The first-order chi connectivity index (χ1) is 10.4. The number of nitrogens with zero attached hydrogens (tertiary/aromatic N) is 2. The van der Waals surface area contributed by atoms with Crippen LogP contribution in [0.3, 0.4) is 0 Å². The van der Waals surface area contributed by atoms with Gasteiger partial charge >= 0.3 is 0 Å². The smallest absolute Gasteiger partial charge is 0.228 e. The monoisotopic (exact) mass is 411 g/mol. The van der Waals surface area contributed by atoms with Gasteiger partial charge < -0.3 is 5.32 Å². The Morgan fingerprint density at radius 3 is 2.50 bits per heavy atom. The highest BCUT2D eigenvalue weighted by molar-refractivity contribution is 14.1. The van der Waals surface area contributed by atoms with E-state index in [2.05, 4.69) is 46.9 Å². The van der Waals surface area contributed by atoms with Gasteiger partial charge in [-0.2, -0.15) is 5.10 Å². The van der Waals surface area contributed by atoms with Crippen LogP contribution in [0.5, 0.6) is 0 Å². The minimum Gasteiger partial charge on any atom is -0.326 e. The average molecular weight is 411 g/mol. The summed E-state index contributed by atoms with van der Waals surface area (Å²) in [4.78, 5) is 12.3. The number of halogens is 1. The third kappa shape index (κ3) is 4.32. The van der Waals surface area contributed by atoms with E-state index in [1.54, 1.807) is 0 Å². The standard InChI is InChI=1S/C17H22IN3O/c1-11(2)10-21-13(4)16(12(3)20-21)9-17(22)19-15-7-5-14(18)6-8-15/h5-8,11H,9-10H2,1-4H3,(H,19,22). The molecule has 0 atom stereocenters. The molecule has 0 aliphatic carbocycles. The minimum atomic E-state index is -0.00324. The van der Waals surface area contributed by atoms with E-state index in [4.69, 9.17) is 0 Å². The van der Waals surface area contributed by atoms with Crippen molar-refractivity contribution in [2.24, 2.45) is 5.92 Å². The molecule has 1 heterocycles. The van der Waals surface area contributed by atoms with Crippen molar-refractivity contribution in [3.63, 3.8) is 0 Å². The Morgan fingerprint density at radius 2 is 1.91 bits per heavy atom. The number of amides is 1. The number of carbonyl (C=O) groups excluding carboxylic acids is 1. The number of anilines is 1. The van der Waals surface area contributed by atoms with E-state index < -0.39 is 0 Å². The Kier molecular flexibility index (Phi) is 5.61. The summed E-state index contributed by atoms with van der Waals surface area (Å²) in [5.41, 5.74) is 3.89. The topological polar surface area (TPSA) is 46.9 Å². The van der Waals surface area contributed by atoms with Gasteiger partial charge in [0.2, 0.25) is 5.91 Å². The molecule has 118 valence electrons. The molecule has 0 fully saturated rings. The van der Waals surface area contributed by atoms with Crippen molar-refractivity contribution in [3.8, 4) is 0 Å². The van der Waals surface area contributed by atoms with Crippen LogP contribution >= 0.6 is 22.6 Å². The molecule has 0 aliphatic rings. The zero-order valence-corrected chi connectivity index (χ0v) is 15.6. The van der Waals surface area contributed by atoms with E-state index in [1.807, 2.05) is 42.8 Å². The predicted octanol–water partition coefficient (Wildman–Crippen LogP) is 3.94. The highest BCUT2D eigenvalue weighted by Crippen LogP contribution is 2.17. The molecule has 0 radical (unpaired) electrons. The molecule has 0 bridgehead atoms. The molecular weight excluding hydrogens is 389 g/mol. The number of hydrogen-bond donors (Lipinski definition) is 1. The van der Waals surface area contributed by atoms with Crippen molar-refractivity contribution in [1.29, 1.82) is 0 Å². The second kappa shape index (κ2) is 7.26.